The number of hydrogen-bond donors (Lipinski definition) is 2. The Morgan fingerprint density at radius 2 is 2.24 bits per heavy atom. The summed E-state index contributed by atoms with van der Waals surface area (Å²) in [5, 5.41) is 2.85. The SMILES string of the molecule is COc1ccc(N)cc1NC(=O)CN(C)C(C)CCSC. The molecular weight excluding hydrogens is 286 g/mol. The van der Waals surface area contributed by atoms with Gasteiger partial charge in [0.05, 0.1) is 19.3 Å². The highest BCUT2D eigenvalue weighted by Gasteiger charge is 2.14. The van der Waals surface area contributed by atoms with Crippen molar-refractivity contribution in [3.63, 3.8) is 0 Å². The number of anilines is 2. The lowest BCUT2D eigenvalue weighted by Gasteiger charge is -2.24. The fourth-order valence-corrected chi connectivity index (χ4v) is 2.48. The molecule has 1 aromatic carbocycles. The topological polar surface area (TPSA) is 67.6 Å². The molecule has 1 amide bonds. The molecule has 0 saturated heterocycles. The normalized spacial score (nSPS) is 12.2. The van der Waals surface area contributed by atoms with Crippen LogP contribution in [0.2, 0.25) is 0 Å². The van der Waals surface area contributed by atoms with E-state index in [2.05, 4.69) is 18.5 Å². The molecule has 5 nitrogen and oxygen atoms in total. The van der Waals surface area contributed by atoms with Gasteiger partial charge in [0.15, 0.2) is 0 Å². The number of nitrogens with two attached hydrogens (primary N) is 1. The summed E-state index contributed by atoms with van der Waals surface area (Å²) in [4.78, 5) is 14.2. The summed E-state index contributed by atoms with van der Waals surface area (Å²) >= 11 is 1.82. The van der Waals surface area contributed by atoms with E-state index in [9.17, 15) is 4.79 Å². The maximum absolute atomic E-state index is 12.1. The van der Waals surface area contributed by atoms with E-state index in [0.29, 0.717) is 29.7 Å². The van der Waals surface area contributed by atoms with Gasteiger partial charge < -0.3 is 15.8 Å². The zero-order valence-corrected chi connectivity index (χ0v) is 14.0. The maximum atomic E-state index is 12.1. The molecule has 0 fully saturated rings. The van der Waals surface area contributed by atoms with Gasteiger partial charge in [0, 0.05) is 11.7 Å². The van der Waals surface area contributed by atoms with Crippen molar-refractivity contribution in [2.24, 2.45) is 0 Å². The number of likely N-dealkylation sites (N-methyl/N-ethyl adjacent to an activating group) is 1. The molecule has 0 heterocycles. The van der Waals surface area contributed by atoms with Crippen LogP contribution in [0.15, 0.2) is 18.2 Å². The van der Waals surface area contributed by atoms with Gasteiger partial charge in [-0.05, 0) is 50.6 Å². The van der Waals surface area contributed by atoms with E-state index >= 15 is 0 Å². The number of carbonyl (C=O) groups is 1. The van der Waals surface area contributed by atoms with Crippen molar-refractivity contribution in [2.75, 3.05) is 43.8 Å². The lowest BCUT2D eigenvalue weighted by atomic mass is 10.2. The smallest absolute Gasteiger partial charge is 0.238 e. The minimum Gasteiger partial charge on any atom is -0.495 e. The first-order valence-electron chi connectivity index (χ1n) is 6.90. The van der Waals surface area contributed by atoms with Gasteiger partial charge in [0.1, 0.15) is 5.75 Å². The molecule has 0 aliphatic rings. The molecule has 0 radical (unpaired) electrons. The average Bonchev–Trinajstić information content (AvgIpc) is 2.44. The highest BCUT2D eigenvalue weighted by atomic mass is 32.2. The molecule has 118 valence electrons. The zero-order chi connectivity index (χ0) is 15.8. The van der Waals surface area contributed by atoms with Crippen LogP contribution in [0.5, 0.6) is 5.75 Å². The summed E-state index contributed by atoms with van der Waals surface area (Å²) in [7, 11) is 3.53. The molecule has 1 atom stereocenters. The molecule has 1 aromatic rings. The first-order valence-corrected chi connectivity index (χ1v) is 8.29. The van der Waals surface area contributed by atoms with Crippen LogP contribution in [0.4, 0.5) is 11.4 Å². The monoisotopic (exact) mass is 311 g/mol. The molecule has 0 aromatic heterocycles. The fourth-order valence-electron chi connectivity index (χ4n) is 1.90. The van der Waals surface area contributed by atoms with Gasteiger partial charge >= 0.3 is 0 Å². The molecular formula is C15H25N3O2S. The van der Waals surface area contributed by atoms with Crippen molar-refractivity contribution >= 4 is 29.0 Å². The van der Waals surface area contributed by atoms with Crippen molar-refractivity contribution in [1.29, 1.82) is 0 Å². The van der Waals surface area contributed by atoms with Crippen LogP contribution in [0.3, 0.4) is 0 Å². The molecule has 0 spiro atoms. The van der Waals surface area contributed by atoms with E-state index in [1.54, 1.807) is 25.3 Å². The van der Waals surface area contributed by atoms with Crippen LogP contribution < -0.4 is 15.8 Å². The van der Waals surface area contributed by atoms with Gasteiger partial charge in [-0.25, -0.2) is 0 Å². The first kappa shape index (κ1) is 17.7. The lowest BCUT2D eigenvalue weighted by molar-refractivity contribution is -0.117. The Morgan fingerprint density at radius 3 is 2.86 bits per heavy atom. The summed E-state index contributed by atoms with van der Waals surface area (Å²) < 4.78 is 5.22. The van der Waals surface area contributed by atoms with E-state index in [-0.39, 0.29) is 5.91 Å². The molecule has 0 aliphatic heterocycles. The Labute approximate surface area is 131 Å². The minimum atomic E-state index is -0.0719. The van der Waals surface area contributed by atoms with Crippen molar-refractivity contribution in [2.45, 2.75) is 19.4 Å². The molecule has 21 heavy (non-hydrogen) atoms. The van der Waals surface area contributed by atoms with Crippen molar-refractivity contribution in [1.82, 2.24) is 4.90 Å². The standard InChI is InChI=1S/C15H25N3O2S/c1-11(7-8-21-4)18(2)10-15(19)17-13-9-12(16)5-6-14(13)20-3/h5-6,9,11H,7-8,10,16H2,1-4H3,(H,17,19). The second kappa shape index (κ2) is 8.79. The van der Waals surface area contributed by atoms with Crippen LogP contribution in [0.25, 0.3) is 0 Å². The first-order chi connectivity index (χ1) is 9.97. The number of nitrogen functional groups attached to an aromatic ring is 1. The van der Waals surface area contributed by atoms with Gasteiger partial charge in [-0.3, -0.25) is 9.69 Å². The number of rotatable bonds is 8. The number of thioether (sulfide) groups is 1. The summed E-state index contributed by atoms with van der Waals surface area (Å²) in [6.45, 7) is 2.47. The quantitative estimate of drug-likeness (QED) is 0.721. The summed E-state index contributed by atoms with van der Waals surface area (Å²) in [5.41, 5.74) is 6.94. The lowest BCUT2D eigenvalue weighted by Crippen LogP contribution is -2.36. The second-order valence-electron chi connectivity index (χ2n) is 5.05. The number of methoxy groups -OCH3 is 1. The number of ether oxygens (including phenoxy) is 1. The Balaban J connectivity index is 2.59. The molecule has 1 unspecified atom stereocenters. The van der Waals surface area contributed by atoms with Crippen molar-refractivity contribution in [3.8, 4) is 5.75 Å². The average molecular weight is 311 g/mol. The molecule has 3 N–H and O–H groups in total. The van der Waals surface area contributed by atoms with E-state index in [1.165, 1.54) is 0 Å². The number of benzene rings is 1. The van der Waals surface area contributed by atoms with Gasteiger partial charge in [-0.15, -0.1) is 0 Å². The number of hydrogen-bond acceptors (Lipinski definition) is 5. The number of carbonyl (C=O) groups excluding carboxylic acids is 1. The summed E-state index contributed by atoms with van der Waals surface area (Å²) in [6, 6.07) is 5.56. The molecule has 0 aliphatic carbocycles. The predicted molar refractivity (Wildman–Crippen MR) is 91.1 cm³/mol. The van der Waals surface area contributed by atoms with E-state index in [4.69, 9.17) is 10.5 Å². The van der Waals surface area contributed by atoms with Crippen LogP contribution in [0.1, 0.15) is 13.3 Å². The number of nitrogens with one attached hydrogen (secondary N) is 1. The van der Waals surface area contributed by atoms with Crippen molar-refractivity contribution in [3.05, 3.63) is 18.2 Å². The third-order valence-electron chi connectivity index (χ3n) is 3.38. The van der Waals surface area contributed by atoms with Gasteiger partial charge in [-0.1, -0.05) is 0 Å². The largest absolute Gasteiger partial charge is 0.495 e. The highest BCUT2D eigenvalue weighted by molar-refractivity contribution is 7.98. The molecule has 6 heteroatoms. The van der Waals surface area contributed by atoms with E-state index in [0.717, 1.165) is 12.2 Å². The van der Waals surface area contributed by atoms with Gasteiger partial charge in [0.25, 0.3) is 0 Å². The molecule has 1 rings (SSSR count). The van der Waals surface area contributed by atoms with Crippen LogP contribution in [-0.2, 0) is 4.79 Å². The van der Waals surface area contributed by atoms with E-state index < -0.39 is 0 Å². The Kier molecular flexibility index (Phi) is 7.39. The van der Waals surface area contributed by atoms with Gasteiger partial charge in [0.2, 0.25) is 5.91 Å². The zero-order valence-electron chi connectivity index (χ0n) is 13.2. The van der Waals surface area contributed by atoms with Crippen LogP contribution in [-0.4, -0.2) is 49.6 Å². The third kappa shape index (κ3) is 5.85. The molecule has 0 saturated carbocycles. The summed E-state index contributed by atoms with van der Waals surface area (Å²) in [5.74, 6) is 1.63. The Hall–Kier alpha value is -1.40. The van der Waals surface area contributed by atoms with Crippen LogP contribution in [0, 0.1) is 0 Å². The third-order valence-corrected chi connectivity index (χ3v) is 4.03. The van der Waals surface area contributed by atoms with E-state index in [1.807, 2.05) is 23.7 Å². The fraction of sp³-hybridized carbons (Fsp3) is 0.533. The number of amides is 1. The Morgan fingerprint density at radius 1 is 1.52 bits per heavy atom. The number of nitrogens with zero attached hydrogens (tertiary/aromatic N) is 1. The van der Waals surface area contributed by atoms with Crippen molar-refractivity contribution < 1.29 is 9.53 Å². The van der Waals surface area contributed by atoms with Crippen LogP contribution >= 0.6 is 11.8 Å². The van der Waals surface area contributed by atoms with Gasteiger partial charge in [-0.2, -0.15) is 11.8 Å². The maximum Gasteiger partial charge on any atom is 0.238 e. The Bertz CT molecular complexity index is 468. The highest BCUT2D eigenvalue weighted by Crippen LogP contribution is 2.26. The minimum absolute atomic E-state index is 0.0719. The summed E-state index contributed by atoms with van der Waals surface area (Å²) in [6.07, 6.45) is 3.15. The molecule has 0 bridgehead atoms. The second-order valence-corrected chi connectivity index (χ2v) is 6.04. The predicted octanol–water partition coefficient (Wildman–Crippen LogP) is 2.29.